The SMILES string of the molecule is OCCC1CN(Cc2c(F)ccc(F)c2F)CCN1Cc1ccsc1. The zero-order chi connectivity index (χ0) is 17.8. The van der Waals surface area contributed by atoms with Crippen LogP contribution in [-0.4, -0.2) is 47.2 Å². The van der Waals surface area contributed by atoms with Crippen LogP contribution in [0.1, 0.15) is 17.5 Å². The molecule has 1 atom stereocenters. The molecule has 136 valence electrons. The summed E-state index contributed by atoms with van der Waals surface area (Å²) in [4.78, 5) is 4.21. The Morgan fingerprint density at radius 3 is 2.60 bits per heavy atom. The van der Waals surface area contributed by atoms with Crippen molar-refractivity contribution in [1.82, 2.24) is 9.80 Å². The molecule has 1 N–H and O–H groups in total. The Balaban J connectivity index is 1.68. The molecule has 3 nitrogen and oxygen atoms in total. The predicted molar refractivity (Wildman–Crippen MR) is 91.8 cm³/mol. The highest BCUT2D eigenvalue weighted by Gasteiger charge is 2.28. The normalized spacial score (nSPS) is 19.4. The zero-order valence-electron chi connectivity index (χ0n) is 13.8. The van der Waals surface area contributed by atoms with Gasteiger partial charge < -0.3 is 5.11 Å². The van der Waals surface area contributed by atoms with Gasteiger partial charge in [-0.1, -0.05) is 0 Å². The summed E-state index contributed by atoms with van der Waals surface area (Å²) >= 11 is 1.64. The Kier molecular flexibility index (Phi) is 6.11. The largest absolute Gasteiger partial charge is 0.396 e. The molecule has 7 heteroatoms. The third kappa shape index (κ3) is 4.41. The van der Waals surface area contributed by atoms with E-state index < -0.39 is 17.5 Å². The molecule has 0 saturated carbocycles. The number of nitrogens with zero attached hydrogens (tertiary/aromatic N) is 2. The van der Waals surface area contributed by atoms with E-state index in [2.05, 4.69) is 16.3 Å². The second kappa shape index (κ2) is 8.31. The lowest BCUT2D eigenvalue weighted by Gasteiger charge is -2.41. The topological polar surface area (TPSA) is 26.7 Å². The third-order valence-electron chi connectivity index (χ3n) is 4.64. The van der Waals surface area contributed by atoms with E-state index in [1.54, 1.807) is 11.3 Å². The molecule has 1 aliphatic heterocycles. The maximum absolute atomic E-state index is 13.9. The fraction of sp³-hybridized carbons (Fsp3) is 0.444. The molecule has 0 amide bonds. The van der Waals surface area contributed by atoms with Crippen LogP contribution >= 0.6 is 11.3 Å². The minimum absolute atomic E-state index is 0.0314. The van der Waals surface area contributed by atoms with Crippen molar-refractivity contribution in [1.29, 1.82) is 0 Å². The van der Waals surface area contributed by atoms with Crippen molar-refractivity contribution < 1.29 is 18.3 Å². The van der Waals surface area contributed by atoms with Gasteiger partial charge in [-0.05, 0) is 40.9 Å². The van der Waals surface area contributed by atoms with Crippen LogP contribution in [0.4, 0.5) is 13.2 Å². The van der Waals surface area contributed by atoms with E-state index in [1.165, 1.54) is 5.56 Å². The van der Waals surface area contributed by atoms with Crippen LogP contribution in [0.2, 0.25) is 0 Å². The quantitative estimate of drug-likeness (QED) is 0.791. The highest BCUT2D eigenvalue weighted by atomic mass is 32.1. The third-order valence-corrected chi connectivity index (χ3v) is 5.37. The predicted octanol–water partition coefficient (Wildman–Crippen LogP) is 3.23. The highest BCUT2D eigenvalue weighted by molar-refractivity contribution is 7.07. The van der Waals surface area contributed by atoms with Crippen molar-refractivity contribution in [3.8, 4) is 0 Å². The van der Waals surface area contributed by atoms with E-state index in [1.807, 2.05) is 10.3 Å². The Bertz CT molecular complexity index is 696. The number of rotatable bonds is 6. The van der Waals surface area contributed by atoms with E-state index in [9.17, 15) is 18.3 Å². The summed E-state index contributed by atoms with van der Waals surface area (Å²) < 4.78 is 41.2. The van der Waals surface area contributed by atoms with Crippen LogP contribution in [0.3, 0.4) is 0 Å². The van der Waals surface area contributed by atoms with Crippen LogP contribution in [0.15, 0.2) is 29.0 Å². The first-order valence-electron chi connectivity index (χ1n) is 8.29. The van der Waals surface area contributed by atoms with Crippen LogP contribution in [0.5, 0.6) is 0 Å². The minimum atomic E-state index is -1.11. The van der Waals surface area contributed by atoms with Crippen molar-refractivity contribution in [3.05, 3.63) is 57.5 Å². The van der Waals surface area contributed by atoms with Gasteiger partial charge in [0.25, 0.3) is 0 Å². The van der Waals surface area contributed by atoms with Crippen molar-refractivity contribution in [2.24, 2.45) is 0 Å². The molecule has 1 fully saturated rings. The molecule has 3 rings (SSSR count). The van der Waals surface area contributed by atoms with Gasteiger partial charge in [-0.25, -0.2) is 13.2 Å². The van der Waals surface area contributed by atoms with Gasteiger partial charge in [-0.15, -0.1) is 0 Å². The molecule has 0 bridgehead atoms. The van der Waals surface area contributed by atoms with E-state index in [0.717, 1.165) is 25.2 Å². The minimum Gasteiger partial charge on any atom is -0.396 e. The first-order valence-corrected chi connectivity index (χ1v) is 9.23. The Morgan fingerprint density at radius 2 is 1.88 bits per heavy atom. The number of piperazine rings is 1. The molecule has 0 spiro atoms. The smallest absolute Gasteiger partial charge is 0.166 e. The number of benzene rings is 1. The van der Waals surface area contributed by atoms with Gasteiger partial charge in [-0.3, -0.25) is 9.80 Å². The lowest BCUT2D eigenvalue weighted by Crippen LogP contribution is -2.52. The number of halogens is 3. The summed E-state index contributed by atoms with van der Waals surface area (Å²) in [6.45, 7) is 2.84. The molecular weight excluding hydrogens is 349 g/mol. The highest BCUT2D eigenvalue weighted by Crippen LogP contribution is 2.22. The molecule has 1 aromatic heterocycles. The fourth-order valence-electron chi connectivity index (χ4n) is 3.29. The second-order valence-corrected chi connectivity index (χ2v) is 7.11. The monoisotopic (exact) mass is 370 g/mol. The van der Waals surface area contributed by atoms with Gasteiger partial charge in [0.05, 0.1) is 0 Å². The van der Waals surface area contributed by atoms with Crippen LogP contribution in [0.25, 0.3) is 0 Å². The molecule has 1 aliphatic rings. The van der Waals surface area contributed by atoms with Crippen molar-refractivity contribution in [3.63, 3.8) is 0 Å². The fourth-order valence-corrected chi connectivity index (χ4v) is 3.95. The van der Waals surface area contributed by atoms with Gasteiger partial charge >= 0.3 is 0 Å². The summed E-state index contributed by atoms with van der Waals surface area (Å²) in [5.41, 5.74) is 0.998. The first kappa shape index (κ1) is 18.4. The van der Waals surface area contributed by atoms with Crippen LogP contribution in [-0.2, 0) is 13.1 Å². The van der Waals surface area contributed by atoms with Crippen molar-refractivity contribution >= 4 is 11.3 Å². The lowest BCUT2D eigenvalue weighted by atomic mass is 10.1. The van der Waals surface area contributed by atoms with E-state index >= 15 is 0 Å². The number of hydrogen-bond acceptors (Lipinski definition) is 4. The molecule has 0 aliphatic carbocycles. The summed E-state index contributed by atoms with van der Waals surface area (Å²) in [6, 6.07) is 3.94. The van der Waals surface area contributed by atoms with Gasteiger partial charge in [0.15, 0.2) is 11.6 Å². The standard InChI is InChI=1S/C18H21F3N2OS/c19-16-1-2-17(20)18(21)15(16)11-22-5-6-23(14(10-22)3-7-24)9-13-4-8-25-12-13/h1-2,4,8,12,14,24H,3,5-7,9-11H2. The molecule has 2 aromatic rings. The van der Waals surface area contributed by atoms with E-state index in [0.29, 0.717) is 19.5 Å². The molecule has 0 radical (unpaired) electrons. The maximum Gasteiger partial charge on any atom is 0.166 e. The average Bonchev–Trinajstić information content (AvgIpc) is 3.11. The summed E-state index contributed by atoms with van der Waals surface area (Å²) in [5, 5.41) is 13.5. The Hall–Kier alpha value is -1.41. The summed E-state index contributed by atoms with van der Waals surface area (Å²) in [7, 11) is 0. The number of thiophene rings is 1. The van der Waals surface area contributed by atoms with Gasteiger partial charge in [-0.2, -0.15) is 11.3 Å². The molecule has 2 heterocycles. The van der Waals surface area contributed by atoms with E-state index in [4.69, 9.17) is 0 Å². The Labute approximate surface area is 149 Å². The number of aliphatic hydroxyl groups excluding tert-OH is 1. The van der Waals surface area contributed by atoms with Crippen LogP contribution in [0, 0.1) is 17.5 Å². The molecule has 1 saturated heterocycles. The maximum atomic E-state index is 13.9. The van der Waals surface area contributed by atoms with Crippen molar-refractivity contribution in [2.45, 2.75) is 25.6 Å². The van der Waals surface area contributed by atoms with Crippen molar-refractivity contribution in [2.75, 3.05) is 26.2 Å². The van der Waals surface area contributed by atoms with Gasteiger partial charge in [0.2, 0.25) is 0 Å². The lowest BCUT2D eigenvalue weighted by molar-refractivity contribution is 0.0489. The molecule has 1 unspecified atom stereocenters. The number of aliphatic hydroxyl groups is 1. The first-order chi connectivity index (χ1) is 12.1. The number of hydrogen-bond donors (Lipinski definition) is 1. The molecule has 1 aromatic carbocycles. The summed E-state index contributed by atoms with van der Waals surface area (Å²) in [6.07, 6.45) is 0.592. The Morgan fingerprint density at radius 1 is 1.08 bits per heavy atom. The average molecular weight is 370 g/mol. The van der Waals surface area contributed by atoms with Gasteiger partial charge in [0, 0.05) is 50.9 Å². The zero-order valence-corrected chi connectivity index (χ0v) is 14.6. The van der Waals surface area contributed by atoms with Crippen LogP contribution < -0.4 is 0 Å². The summed E-state index contributed by atoms with van der Waals surface area (Å²) in [5.74, 6) is -2.86. The second-order valence-electron chi connectivity index (χ2n) is 6.33. The van der Waals surface area contributed by atoms with E-state index in [-0.39, 0.29) is 24.8 Å². The van der Waals surface area contributed by atoms with Gasteiger partial charge in [0.1, 0.15) is 5.82 Å². The molecular formula is C18H21F3N2OS. The molecule has 25 heavy (non-hydrogen) atoms.